The van der Waals surface area contributed by atoms with Gasteiger partial charge in [0.1, 0.15) is 0 Å². The van der Waals surface area contributed by atoms with E-state index < -0.39 is 0 Å². The van der Waals surface area contributed by atoms with E-state index in [9.17, 15) is 4.79 Å². The van der Waals surface area contributed by atoms with E-state index in [4.69, 9.17) is 4.74 Å². The lowest BCUT2D eigenvalue weighted by atomic mass is 9.79. The molecule has 1 fully saturated rings. The quantitative estimate of drug-likeness (QED) is 0.748. The van der Waals surface area contributed by atoms with Gasteiger partial charge in [0.05, 0.1) is 13.0 Å². The molecule has 0 heterocycles. The van der Waals surface area contributed by atoms with Crippen molar-refractivity contribution in [1.29, 1.82) is 0 Å². The van der Waals surface area contributed by atoms with Crippen LogP contribution in [0.4, 0.5) is 0 Å². The molecule has 16 heavy (non-hydrogen) atoms. The van der Waals surface area contributed by atoms with Crippen molar-refractivity contribution in [2.75, 3.05) is 13.7 Å². The fourth-order valence-corrected chi connectivity index (χ4v) is 2.36. The normalized spacial score (nSPS) is 32.1. The van der Waals surface area contributed by atoms with Gasteiger partial charge < -0.3 is 10.1 Å². The van der Waals surface area contributed by atoms with E-state index in [1.807, 2.05) is 6.92 Å². The Morgan fingerprint density at radius 3 is 2.62 bits per heavy atom. The highest BCUT2D eigenvalue weighted by Crippen LogP contribution is 2.29. The number of ether oxygens (including phenoxy) is 1. The summed E-state index contributed by atoms with van der Waals surface area (Å²) >= 11 is 0. The van der Waals surface area contributed by atoms with Gasteiger partial charge in [-0.25, -0.2) is 0 Å². The van der Waals surface area contributed by atoms with Crippen molar-refractivity contribution in [3.05, 3.63) is 0 Å². The molecule has 4 unspecified atom stereocenters. The number of methoxy groups -OCH3 is 1. The Kier molecular flexibility index (Phi) is 5.26. The Morgan fingerprint density at radius 2 is 2.06 bits per heavy atom. The van der Waals surface area contributed by atoms with Crippen LogP contribution in [0.25, 0.3) is 0 Å². The van der Waals surface area contributed by atoms with Crippen LogP contribution in [0, 0.1) is 17.8 Å². The maximum absolute atomic E-state index is 11.2. The van der Waals surface area contributed by atoms with Gasteiger partial charge in [-0.1, -0.05) is 20.8 Å². The Balaban J connectivity index is 2.25. The van der Waals surface area contributed by atoms with Crippen molar-refractivity contribution in [2.45, 2.75) is 46.1 Å². The zero-order valence-electron chi connectivity index (χ0n) is 11.0. The number of carbonyl (C=O) groups is 1. The van der Waals surface area contributed by atoms with Gasteiger partial charge in [0.15, 0.2) is 0 Å². The van der Waals surface area contributed by atoms with Crippen molar-refractivity contribution >= 4 is 5.97 Å². The molecule has 0 spiro atoms. The van der Waals surface area contributed by atoms with Gasteiger partial charge in [0, 0.05) is 12.6 Å². The Labute approximate surface area is 98.9 Å². The number of hydrogen-bond donors (Lipinski definition) is 1. The number of esters is 1. The molecule has 0 aliphatic heterocycles. The first-order valence-electron chi connectivity index (χ1n) is 6.35. The molecule has 0 aromatic rings. The van der Waals surface area contributed by atoms with Gasteiger partial charge in [-0.2, -0.15) is 0 Å². The summed E-state index contributed by atoms with van der Waals surface area (Å²) in [6.07, 6.45) is 3.76. The molecule has 0 aromatic heterocycles. The van der Waals surface area contributed by atoms with E-state index in [2.05, 4.69) is 19.2 Å². The third-order valence-corrected chi connectivity index (χ3v) is 3.91. The summed E-state index contributed by atoms with van der Waals surface area (Å²) in [6, 6.07) is 0.582. The highest BCUT2D eigenvalue weighted by atomic mass is 16.5. The Morgan fingerprint density at radius 1 is 1.38 bits per heavy atom. The molecule has 1 saturated carbocycles. The molecule has 94 valence electrons. The lowest BCUT2D eigenvalue weighted by molar-refractivity contribution is -0.144. The average molecular weight is 227 g/mol. The van der Waals surface area contributed by atoms with Crippen LogP contribution in [0.1, 0.15) is 40.0 Å². The van der Waals surface area contributed by atoms with E-state index in [1.165, 1.54) is 26.4 Å². The topological polar surface area (TPSA) is 38.3 Å². The van der Waals surface area contributed by atoms with E-state index in [-0.39, 0.29) is 11.9 Å². The van der Waals surface area contributed by atoms with Crippen LogP contribution in [-0.2, 0) is 9.53 Å². The second-order valence-electron chi connectivity index (χ2n) is 5.30. The summed E-state index contributed by atoms with van der Waals surface area (Å²) in [5, 5.41) is 3.49. The third-order valence-electron chi connectivity index (χ3n) is 3.91. The van der Waals surface area contributed by atoms with Crippen molar-refractivity contribution in [3.8, 4) is 0 Å². The number of carbonyl (C=O) groups excluding carboxylic acids is 1. The summed E-state index contributed by atoms with van der Waals surface area (Å²) in [5.74, 6) is 1.47. The fraction of sp³-hybridized carbons (Fsp3) is 0.923. The van der Waals surface area contributed by atoms with Crippen LogP contribution in [-0.4, -0.2) is 25.7 Å². The first-order valence-corrected chi connectivity index (χ1v) is 6.35. The molecule has 1 N–H and O–H groups in total. The average Bonchev–Trinajstić information content (AvgIpc) is 2.29. The van der Waals surface area contributed by atoms with Crippen LogP contribution < -0.4 is 5.32 Å². The second kappa shape index (κ2) is 6.24. The number of nitrogens with one attached hydrogen (secondary N) is 1. The fourth-order valence-electron chi connectivity index (χ4n) is 2.36. The minimum atomic E-state index is -0.121. The van der Waals surface area contributed by atoms with Gasteiger partial charge in [0.25, 0.3) is 0 Å². The maximum Gasteiger partial charge on any atom is 0.309 e. The van der Waals surface area contributed by atoms with Crippen LogP contribution in [0.15, 0.2) is 0 Å². The van der Waals surface area contributed by atoms with Gasteiger partial charge in [0.2, 0.25) is 0 Å². The molecule has 3 nitrogen and oxygen atoms in total. The molecule has 3 heteroatoms. The smallest absolute Gasteiger partial charge is 0.309 e. The predicted molar refractivity (Wildman–Crippen MR) is 65.1 cm³/mol. The van der Waals surface area contributed by atoms with Crippen LogP contribution >= 0.6 is 0 Å². The van der Waals surface area contributed by atoms with Crippen molar-refractivity contribution in [2.24, 2.45) is 17.8 Å². The minimum Gasteiger partial charge on any atom is -0.469 e. The first-order chi connectivity index (χ1) is 7.54. The molecule has 1 aliphatic rings. The van der Waals surface area contributed by atoms with Gasteiger partial charge in [-0.05, 0) is 31.1 Å². The predicted octanol–water partition coefficient (Wildman–Crippen LogP) is 2.21. The Bertz CT molecular complexity index is 230. The standard InChI is InChI=1S/C13H25NO2/c1-9-5-6-12(7-10(9)2)14-8-11(3)13(15)16-4/h9-12,14H,5-8H2,1-4H3. The lowest BCUT2D eigenvalue weighted by Gasteiger charge is -2.33. The lowest BCUT2D eigenvalue weighted by Crippen LogP contribution is -2.39. The molecule has 0 saturated heterocycles. The highest BCUT2D eigenvalue weighted by molar-refractivity contribution is 5.72. The summed E-state index contributed by atoms with van der Waals surface area (Å²) in [5.41, 5.74) is 0. The molecule has 1 aliphatic carbocycles. The summed E-state index contributed by atoms with van der Waals surface area (Å²) in [7, 11) is 1.45. The minimum absolute atomic E-state index is 0.0420. The molecule has 0 aromatic carbocycles. The highest BCUT2D eigenvalue weighted by Gasteiger charge is 2.25. The number of rotatable bonds is 4. The number of hydrogen-bond acceptors (Lipinski definition) is 3. The van der Waals surface area contributed by atoms with Gasteiger partial charge >= 0.3 is 5.97 Å². The van der Waals surface area contributed by atoms with E-state index in [1.54, 1.807) is 0 Å². The van der Waals surface area contributed by atoms with Crippen LogP contribution in [0.5, 0.6) is 0 Å². The van der Waals surface area contributed by atoms with Crippen molar-refractivity contribution in [3.63, 3.8) is 0 Å². The summed E-state index contributed by atoms with van der Waals surface area (Å²) < 4.78 is 4.71. The zero-order valence-corrected chi connectivity index (χ0v) is 11.0. The van der Waals surface area contributed by atoms with Crippen LogP contribution in [0.2, 0.25) is 0 Å². The maximum atomic E-state index is 11.2. The molecular weight excluding hydrogens is 202 g/mol. The summed E-state index contributed by atoms with van der Waals surface area (Å²) in [4.78, 5) is 11.2. The van der Waals surface area contributed by atoms with Crippen molar-refractivity contribution < 1.29 is 9.53 Å². The molecule has 0 amide bonds. The summed E-state index contributed by atoms with van der Waals surface area (Å²) in [6.45, 7) is 7.30. The van der Waals surface area contributed by atoms with Gasteiger partial charge in [-0.15, -0.1) is 0 Å². The van der Waals surface area contributed by atoms with E-state index >= 15 is 0 Å². The van der Waals surface area contributed by atoms with Gasteiger partial charge in [-0.3, -0.25) is 4.79 Å². The molecular formula is C13H25NO2. The zero-order chi connectivity index (χ0) is 12.1. The first kappa shape index (κ1) is 13.5. The molecule has 4 atom stereocenters. The monoisotopic (exact) mass is 227 g/mol. The van der Waals surface area contributed by atoms with E-state index in [0.29, 0.717) is 6.04 Å². The molecule has 1 rings (SSSR count). The van der Waals surface area contributed by atoms with Crippen LogP contribution in [0.3, 0.4) is 0 Å². The SMILES string of the molecule is COC(=O)C(C)CNC1CCC(C)C(C)C1. The Hall–Kier alpha value is -0.570. The van der Waals surface area contributed by atoms with E-state index in [0.717, 1.165) is 18.4 Å². The molecule has 0 bridgehead atoms. The largest absolute Gasteiger partial charge is 0.469 e. The third kappa shape index (κ3) is 3.78. The molecule has 0 radical (unpaired) electrons. The van der Waals surface area contributed by atoms with Crippen molar-refractivity contribution in [1.82, 2.24) is 5.32 Å². The second-order valence-corrected chi connectivity index (χ2v) is 5.30.